The Morgan fingerprint density at radius 3 is 2.46 bits per heavy atom. The molecule has 0 saturated carbocycles. The van der Waals surface area contributed by atoms with Crippen molar-refractivity contribution in [1.29, 1.82) is 0 Å². The largest absolute Gasteiger partial charge is 0.369 e. The van der Waals surface area contributed by atoms with Crippen LogP contribution in [0.15, 0.2) is 12.1 Å². The second kappa shape index (κ2) is 10.8. The summed E-state index contributed by atoms with van der Waals surface area (Å²) < 4.78 is 45.2. The summed E-state index contributed by atoms with van der Waals surface area (Å²) >= 11 is 0. The second-order valence-electron chi connectivity index (χ2n) is 5.90. The summed E-state index contributed by atoms with van der Waals surface area (Å²) in [5, 5.41) is 2.16. The van der Waals surface area contributed by atoms with E-state index in [0.29, 0.717) is 25.6 Å². The number of carbonyl (C=O) groups excluding carboxylic acids is 2. The molecule has 0 aliphatic heterocycles. The van der Waals surface area contributed by atoms with E-state index in [1.807, 2.05) is 13.8 Å². The van der Waals surface area contributed by atoms with Crippen LogP contribution in [-0.4, -0.2) is 42.5 Å². The molecule has 0 aliphatic carbocycles. The van der Waals surface area contributed by atoms with Crippen molar-refractivity contribution in [2.45, 2.75) is 46.1 Å². The number of nitrogens with zero attached hydrogens (tertiary/aromatic N) is 1. The molecule has 1 rings (SSSR count). The monoisotopic (exact) mass is 374 g/mol. The van der Waals surface area contributed by atoms with E-state index in [-0.39, 0.29) is 12.5 Å². The lowest BCUT2D eigenvalue weighted by molar-refractivity contribution is -0.144. The van der Waals surface area contributed by atoms with Crippen molar-refractivity contribution < 1.29 is 27.5 Å². The highest BCUT2D eigenvalue weighted by Gasteiger charge is 2.23. The molecule has 1 aromatic rings. The Hall–Kier alpha value is -2.09. The summed E-state index contributed by atoms with van der Waals surface area (Å²) in [6.45, 7) is 5.86. The van der Waals surface area contributed by atoms with Crippen molar-refractivity contribution in [2.24, 2.45) is 0 Å². The maximum atomic E-state index is 13.6. The van der Waals surface area contributed by atoms with E-state index in [0.717, 1.165) is 18.9 Å². The number of amides is 2. The molecule has 0 radical (unpaired) electrons. The maximum Gasteiger partial charge on any atom is 0.251 e. The van der Waals surface area contributed by atoms with Crippen LogP contribution in [0.4, 0.5) is 18.9 Å². The number of halogens is 3. The van der Waals surface area contributed by atoms with Crippen LogP contribution in [0.5, 0.6) is 0 Å². The van der Waals surface area contributed by atoms with Crippen LogP contribution in [0.1, 0.15) is 40.0 Å². The van der Waals surface area contributed by atoms with Crippen LogP contribution in [0.2, 0.25) is 0 Å². The summed E-state index contributed by atoms with van der Waals surface area (Å²) in [5.74, 6) is -5.56. The van der Waals surface area contributed by atoms with Crippen LogP contribution in [0, 0.1) is 17.5 Å². The van der Waals surface area contributed by atoms with E-state index in [2.05, 4.69) is 5.32 Å². The molecule has 0 saturated heterocycles. The molecule has 0 spiro atoms. The topological polar surface area (TPSA) is 58.6 Å². The summed E-state index contributed by atoms with van der Waals surface area (Å²) in [4.78, 5) is 25.8. The molecule has 0 heterocycles. The number of carbonyl (C=O) groups is 2. The Morgan fingerprint density at radius 1 is 1.15 bits per heavy atom. The minimum absolute atomic E-state index is 0.313. The molecule has 0 aliphatic rings. The molecule has 0 fully saturated rings. The normalized spacial score (nSPS) is 11.9. The predicted octanol–water partition coefficient (Wildman–Crippen LogP) is 3.49. The summed E-state index contributed by atoms with van der Waals surface area (Å²) in [7, 11) is 0. The highest BCUT2D eigenvalue weighted by atomic mass is 19.2. The van der Waals surface area contributed by atoms with Crippen LogP contribution < -0.4 is 5.32 Å². The van der Waals surface area contributed by atoms with Gasteiger partial charge >= 0.3 is 0 Å². The van der Waals surface area contributed by atoms with Gasteiger partial charge in [0.1, 0.15) is 6.10 Å². The van der Waals surface area contributed by atoms with Gasteiger partial charge in [0.05, 0.1) is 12.2 Å². The third-order valence-corrected chi connectivity index (χ3v) is 3.66. The van der Waals surface area contributed by atoms with E-state index < -0.39 is 35.2 Å². The molecule has 1 aromatic carbocycles. The first-order valence-electron chi connectivity index (χ1n) is 8.65. The SMILES string of the molecule is CCCCO[C@@H](C)C(=O)N(CCC)CC(=O)Nc1ccc(F)c(F)c1F. The highest BCUT2D eigenvalue weighted by Crippen LogP contribution is 2.19. The number of unbranched alkanes of at least 4 members (excludes halogenated alkanes) is 1. The van der Waals surface area contributed by atoms with E-state index in [1.54, 1.807) is 6.92 Å². The van der Waals surface area contributed by atoms with Gasteiger partial charge in [-0.25, -0.2) is 13.2 Å². The lowest BCUT2D eigenvalue weighted by Crippen LogP contribution is -2.44. The van der Waals surface area contributed by atoms with Crippen LogP contribution in [-0.2, 0) is 14.3 Å². The Morgan fingerprint density at radius 2 is 1.85 bits per heavy atom. The van der Waals surface area contributed by atoms with E-state index >= 15 is 0 Å². The molecule has 0 aromatic heterocycles. The number of ether oxygens (including phenoxy) is 1. The number of anilines is 1. The molecular formula is C18H25F3N2O3. The number of rotatable bonds is 10. The van der Waals surface area contributed by atoms with Crippen LogP contribution in [0.3, 0.4) is 0 Å². The number of benzene rings is 1. The Kier molecular flexibility index (Phi) is 9.12. The van der Waals surface area contributed by atoms with Gasteiger partial charge in [0.15, 0.2) is 17.5 Å². The fourth-order valence-electron chi connectivity index (χ4n) is 2.26. The minimum Gasteiger partial charge on any atom is -0.369 e. The van der Waals surface area contributed by atoms with Crippen molar-refractivity contribution in [3.8, 4) is 0 Å². The van der Waals surface area contributed by atoms with Gasteiger partial charge in [-0.3, -0.25) is 9.59 Å². The average molecular weight is 374 g/mol. The molecule has 2 amide bonds. The highest BCUT2D eigenvalue weighted by molar-refractivity contribution is 5.95. The van der Waals surface area contributed by atoms with Gasteiger partial charge in [-0.1, -0.05) is 20.3 Å². The third kappa shape index (κ3) is 6.33. The quantitative estimate of drug-likeness (QED) is 0.504. The van der Waals surface area contributed by atoms with Gasteiger partial charge in [0, 0.05) is 13.2 Å². The zero-order chi connectivity index (χ0) is 19.7. The predicted molar refractivity (Wildman–Crippen MR) is 92.1 cm³/mol. The molecule has 0 bridgehead atoms. The minimum atomic E-state index is -1.66. The molecule has 146 valence electrons. The van der Waals surface area contributed by atoms with E-state index in [4.69, 9.17) is 4.74 Å². The number of nitrogens with one attached hydrogen (secondary N) is 1. The first-order valence-corrected chi connectivity index (χ1v) is 8.65. The van der Waals surface area contributed by atoms with Gasteiger partial charge in [-0.2, -0.15) is 0 Å². The molecule has 0 unspecified atom stereocenters. The zero-order valence-corrected chi connectivity index (χ0v) is 15.3. The van der Waals surface area contributed by atoms with Gasteiger partial charge in [0.2, 0.25) is 5.91 Å². The Balaban J connectivity index is 2.73. The fourth-order valence-corrected chi connectivity index (χ4v) is 2.26. The van der Waals surface area contributed by atoms with Gasteiger partial charge in [-0.05, 0) is 31.9 Å². The second-order valence-corrected chi connectivity index (χ2v) is 5.90. The molecule has 1 N–H and O–H groups in total. The third-order valence-electron chi connectivity index (χ3n) is 3.66. The van der Waals surface area contributed by atoms with E-state index in [9.17, 15) is 22.8 Å². The van der Waals surface area contributed by atoms with Crippen molar-refractivity contribution in [3.05, 3.63) is 29.6 Å². The van der Waals surface area contributed by atoms with Gasteiger partial charge in [0.25, 0.3) is 5.91 Å². The van der Waals surface area contributed by atoms with Crippen molar-refractivity contribution in [3.63, 3.8) is 0 Å². The van der Waals surface area contributed by atoms with Crippen LogP contribution >= 0.6 is 0 Å². The summed E-state index contributed by atoms with van der Waals surface area (Å²) in [6.07, 6.45) is 1.66. The fraction of sp³-hybridized carbons (Fsp3) is 0.556. The first kappa shape index (κ1) is 22.0. The lowest BCUT2D eigenvalue weighted by Gasteiger charge is -2.25. The van der Waals surface area contributed by atoms with Crippen molar-refractivity contribution >= 4 is 17.5 Å². The van der Waals surface area contributed by atoms with Gasteiger partial charge in [-0.15, -0.1) is 0 Å². The van der Waals surface area contributed by atoms with Crippen molar-refractivity contribution in [2.75, 3.05) is 25.0 Å². The van der Waals surface area contributed by atoms with Crippen LogP contribution in [0.25, 0.3) is 0 Å². The van der Waals surface area contributed by atoms with E-state index in [1.165, 1.54) is 4.90 Å². The van der Waals surface area contributed by atoms with Gasteiger partial charge < -0.3 is 15.0 Å². The lowest BCUT2D eigenvalue weighted by atomic mass is 10.2. The molecule has 8 heteroatoms. The Labute approximate surface area is 151 Å². The smallest absolute Gasteiger partial charge is 0.251 e. The molecule has 1 atom stereocenters. The standard InChI is InChI=1S/C18H25F3N2O3/c1-4-6-10-26-12(3)18(25)23(9-5-2)11-15(24)22-14-8-7-13(19)16(20)17(14)21/h7-8,12H,4-6,9-11H2,1-3H3,(H,22,24)/t12-/m0/s1. The summed E-state index contributed by atoms with van der Waals surface area (Å²) in [5.41, 5.74) is -0.481. The Bertz CT molecular complexity index is 626. The maximum absolute atomic E-state index is 13.6. The number of hydrogen-bond acceptors (Lipinski definition) is 3. The summed E-state index contributed by atoms with van der Waals surface area (Å²) in [6, 6.07) is 1.64. The molecule has 5 nitrogen and oxygen atoms in total. The molecule has 26 heavy (non-hydrogen) atoms. The average Bonchev–Trinajstić information content (AvgIpc) is 2.61. The molecular weight excluding hydrogens is 349 g/mol. The van der Waals surface area contributed by atoms with Crippen molar-refractivity contribution in [1.82, 2.24) is 4.90 Å². The number of hydrogen-bond donors (Lipinski definition) is 1. The zero-order valence-electron chi connectivity index (χ0n) is 15.3. The first-order chi connectivity index (χ1) is 12.3.